The highest BCUT2D eigenvalue weighted by Crippen LogP contribution is 2.26. The van der Waals surface area contributed by atoms with Crippen molar-refractivity contribution in [3.8, 4) is 5.69 Å². The molecule has 0 radical (unpaired) electrons. The lowest BCUT2D eigenvalue weighted by Crippen LogP contribution is -2.14. The van der Waals surface area contributed by atoms with Crippen LogP contribution in [0.2, 0.25) is 0 Å². The Balaban J connectivity index is 1.81. The first-order chi connectivity index (χ1) is 12.2. The molecule has 0 amide bonds. The van der Waals surface area contributed by atoms with Crippen molar-refractivity contribution in [1.82, 2.24) is 19.5 Å². The Kier molecular flexibility index (Phi) is 3.78. The monoisotopic (exact) mass is 330 g/mol. The van der Waals surface area contributed by atoms with E-state index in [1.807, 2.05) is 36.4 Å². The zero-order valence-corrected chi connectivity index (χ0v) is 13.8. The van der Waals surface area contributed by atoms with Gasteiger partial charge in [-0.1, -0.05) is 30.3 Å². The Bertz CT molecular complexity index is 1010. The molecule has 0 fully saturated rings. The smallest absolute Gasteiger partial charge is 0.221 e. The molecule has 0 unspecified atom stereocenters. The van der Waals surface area contributed by atoms with Crippen molar-refractivity contribution < 1.29 is 0 Å². The van der Waals surface area contributed by atoms with Crippen LogP contribution < -0.4 is 11.1 Å². The predicted octanol–water partition coefficient (Wildman–Crippen LogP) is 3.57. The molecule has 0 aliphatic heterocycles. The van der Waals surface area contributed by atoms with Crippen LogP contribution in [0.15, 0.2) is 66.9 Å². The van der Waals surface area contributed by atoms with E-state index in [0.717, 1.165) is 22.5 Å². The third-order valence-corrected chi connectivity index (χ3v) is 4.03. The minimum atomic E-state index is -0.0677. The summed E-state index contributed by atoms with van der Waals surface area (Å²) in [6.45, 7) is 2.05. The van der Waals surface area contributed by atoms with Crippen molar-refractivity contribution >= 4 is 22.8 Å². The Morgan fingerprint density at radius 1 is 0.960 bits per heavy atom. The summed E-state index contributed by atoms with van der Waals surface area (Å²) in [5, 5.41) is 3.36. The molecule has 6 heteroatoms. The lowest BCUT2D eigenvalue weighted by molar-refractivity contribution is 0.768. The fraction of sp³-hybridized carbons (Fsp3) is 0.105. The third kappa shape index (κ3) is 2.89. The van der Waals surface area contributed by atoms with Crippen molar-refractivity contribution in [2.24, 2.45) is 0 Å². The Hall–Kier alpha value is -3.41. The lowest BCUT2D eigenvalue weighted by atomic mass is 10.2. The SMILES string of the molecule is C[C@H](Nc1ccnc(N)n1)c1nc2ccccc2n1-c1ccccc1. The number of para-hydroxylation sites is 3. The molecule has 0 aliphatic carbocycles. The molecule has 0 saturated heterocycles. The van der Waals surface area contributed by atoms with Gasteiger partial charge in [0.15, 0.2) is 0 Å². The first kappa shape index (κ1) is 15.1. The zero-order valence-electron chi connectivity index (χ0n) is 13.8. The number of nitrogens with zero attached hydrogens (tertiary/aromatic N) is 4. The molecule has 0 saturated carbocycles. The molecule has 2 aromatic carbocycles. The van der Waals surface area contributed by atoms with Crippen LogP contribution >= 0.6 is 0 Å². The van der Waals surface area contributed by atoms with E-state index in [2.05, 4.69) is 45.0 Å². The first-order valence-corrected chi connectivity index (χ1v) is 8.10. The molecule has 2 heterocycles. The second kappa shape index (κ2) is 6.24. The van der Waals surface area contributed by atoms with Gasteiger partial charge in [0.05, 0.1) is 17.1 Å². The number of anilines is 2. The maximum absolute atomic E-state index is 5.67. The van der Waals surface area contributed by atoms with Crippen LogP contribution in [0.4, 0.5) is 11.8 Å². The van der Waals surface area contributed by atoms with Gasteiger partial charge >= 0.3 is 0 Å². The number of nitrogens with two attached hydrogens (primary N) is 1. The van der Waals surface area contributed by atoms with Crippen molar-refractivity contribution in [3.63, 3.8) is 0 Å². The number of imidazole rings is 1. The van der Waals surface area contributed by atoms with Gasteiger partial charge in [-0.05, 0) is 37.3 Å². The molecule has 6 nitrogen and oxygen atoms in total. The summed E-state index contributed by atoms with van der Waals surface area (Å²) in [6.07, 6.45) is 1.64. The van der Waals surface area contributed by atoms with Crippen LogP contribution in [0.5, 0.6) is 0 Å². The fourth-order valence-corrected chi connectivity index (χ4v) is 2.92. The summed E-state index contributed by atoms with van der Waals surface area (Å²) < 4.78 is 2.16. The number of benzene rings is 2. The van der Waals surface area contributed by atoms with E-state index in [1.54, 1.807) is 12.3 Å². The van der Waals surface area contributed by atoms with Gasteiger partial charge in [0.25, 0.3) is 0 Å². The molecule has 4 aromatic rings. The van der Waals surface area contributed by atoms with E-state index >= 15 is 0 Å². The van der Waals surface area contributed by atoms with Crippen LogP contribution in [0, 0.1) is 0 Å². The molecule has 0 aliphatic rings. The molecule has 25 heavy (non-hydrogen) atoms. The first-order valence-electron chi connectivity index (χ1n) is 8.10. The van der Waals surface area contributed by atoms with Crippen LogP contribution in [0.3, 0.4) is 0 Å². The van der Waals surface area contributed by atoms with Crippen LogP contribution in [0.25, 0.3) is 16.7 Å². The number of aromatic nitrogens is 4. The quantitative estimate of drug-likeness (QED) is 0.598. The van der Waals surface area contributed by atoms with E-state index in [-0.39, 0.29) is 12.0 Å². The number of hydrogen-bond acceptors (Lipinski definition) is 5. The van der Waals surface area contributed by atoms with Crippen LogP contribution in [0.1, 0.15) is 18.8 Å². The molecule has 2 aromatic heterocycles. The number of nitrogen functional groups attached to an aromatic ring is 1. The summed E-state index contributed by atoms with van der Waals surface area (Å²) in [4.78, 5) is 13.0. The number of nitrogens with one attached hydrogen (secondary N) is 1. The Morgan fingerprint density at radius 3 is 2.52 bits per heavy atom. The second-order valence-corrected chi connectivity index (χ2v) is 5.80. The van der Waals surface area contributed by atoms with Gasteiger partial charge in [-0.25, -0.2) is 9.97 Å². The van der Waals surface area contributed by atoms with Crippen molar-refractivity contribution in [3.05, 3.63) is 72.7 Å². The summed E-state index contributed by atoms with van der Waals surface area (Å²) >= 11 is 0. The third-order valence-electron chi connectivity index (χ3n) is 4.03. The van der Waals surface area contributed by atoms with E-state index in [9.17, 15) is 0 Å². The topological polar surface area (TPSA) is 81.7 Å². The van der Waals surface area contributed by atoms with E-state index < -0.39 is 0 Å². The molecular weight excluding hydrogens is 312 g/mol. The van der Waals surface area contributed by atoms with Gasteiger partial charge in [0.2, 0.25) is 5.95 Å². The average molecular weight is 330 g/mol. The highest BCUT2D eigenvalue weighted by Gasteiger charge is 2.18. The number of fused-ring (bicyclic) bond motifs is 1. The van der Waals surface area contributed by atoms with E-state index in [4.69, 9.17) is 10.7 Å². The maximum atomic E-state index is 5.67. The fourth-order valence-electron chi connectivity index (χ4n) is 2.92. The highest BCUT2D eigenvalue weighted by molar-refractivity contribution is 5.78. The minimum Gasteiger partial charge on any atom is -0.368 e. The van der Waals surface area contributed by atoms with Gasteiger partial charge in [-0.15, -0.1) is 0 Å². The Labute approximate surface area is 145 Å². The number of rotatable bonds is 4. The summed E-state index contributed by atoms with van der Waals surface area (Å²) in [5.41, 5.74) is 8.77. The minimum absolute atomic E-state index is 0.0677. The lowest BCUT2D eigenvalue weighted by Gasteiger charge is -2.17. The van der Waals surface area contributed by atoms with Gasteiger partial charge in [0, 0.05) is 11.9 Å². The Morgan fingerprint density at radius 2 is 1.72 bits per heavy atom. The largest absolute Gasteiger partial charge is 0.368 e. The molecule has 0 bridgehead atoms. The summed E-state index contributed by atoms with van der Waals surface area (Å²) in [7, 11) is 0. The predicted molar refractivity (Wildman–Crippen MR) is 99.6 cm³/mol. The van der Waals surface area contributed by atoms with E-state index in [0.29, 0.717) is 5.82 Å². The molecule has 1 atom stereocenters. The molecule has 0 spiro atoms. The highest BCUT2D eigenvalue weighted by atomic mass is 15.2. The normalized spacial score (nSPS) is 12.2. The summed E-state index contributed by atoms with van der Waals surface area (Å²) in [5.74, 6) is 1.82. The van der Waals surface area contributed by atoms with Gasteiger partial charge < -0.3 is 11.1 Å². The zero-order chi connectivity index (χ0) is 17.2. The van der Waals surface area contributed by atoms with E-state index in [1.165, 1.54) is 0 Å². The molecule has 124 valence electrons. The van der Waals surface area contributed by atoms with Crippen LogP contribution in [-0.4, -0.2) is 19.5 Å². The molecular formula is C19H18N6. The van der Waals surface area contributed by atoms with Crippen molar-refractivity contribution in [2.75, 3.05) is 11.1 Å². The number of hydrogen-bond donors (Lipinski definition) is 2. The van der Waals surface area contributed by atoms with Crippen molar-refractivity contribution in [2.45, 2.75) is 13.0 Å². The molecule has 3 N–H and O–H groups in total. The second-order valence-electron chi connectivity index (χ2n) is 5.80. The summed E-state index contributed by atoms with van der Waals surface area (Å²) in [6, 6.07) is 20.1. The van der Waals surface area contributed by atoms with Gasteiger partial charge in [0.1, 0.15) is 11.6 Å². The maximum Gasteiger partial charge on any atom is 0.221 e. The van der Waals surface area contributed by atoms with Gasteiger partial charge in [-0.3, -0.25) is 4.57 Å². The van der Waals surface area contributed by atoms with Crippen LogP contribution in [-0.2, 0) is 0 Å². The van der Waals surface area contributed by atoms with Crippen molar-refractivity contribution in [1.29, 1.82) is 0 Å². The van der Waals surface area contributed by atoms with Gasteiger partial charge in [-0.2, -0.15) is 4.98 Å². The average Bonchev–Trinajstić information content (AvgIpc) is 3.02. The molecule has 4 rings (SSSR count). The standard InChI is InChI=1S/C19H18N6/c1-13(22-17-11-12-21-19(20)24-17)18-23-15-9-5-6-10-16(15)25(18)14-7-3-2-4-8-14/h2-13H,1H3,(H3,20,21,22,24)/t13-/m0/s1.